The molecule has 5 heteroatoms. The Morgan fingerprint density at radius 2 is 2.00 bits per heavy atom. The molecule has 0 aromatic heterocycles. The van der Waals surface area contributed by atoms with Gasteiger partial charge in [-0.15, -0.1) is 0 Å². The molecule has 4 rings (SSSR count). The minimum atomic E-state index is -0.229. The molecule has 2 aliphatic rings. The predicted molar refractivity (Wildman–Crippen MR) is 107 cm³/mol. The minimum absolute atomic E-state index is 0.229. The number of benzene rings is 2. The van der Waals surface area contributed by atoms with E-state index in [1.54, 1.807) is 0 Å². The van der Waals surface area contributed by atoms with E-state index in [-0.39, 0.29) is 6.09 Å². The van der Waals surface area contributed by atoms with Gasteiger partial charge in [0.15, 0.2) is 0 Å². The smallest absolute Gasteiger partial charge is 0.410 e. The molecule has 1 fully saturated rings. The van der Waals surface area contributed by atoms with Crippen molar-refractivity contribution in [1.82, 2.24) is 10.2 Å². The Balaban J connectivity index is 1.46. The van der Waals surface area contributed by atoms with Crippen LogP contribution in [-0.2, 0) is 24.3 Å². The maximum absolute atomic E-state index is 12.6. The van der Waals surface area contributed by atoms with Crippen molar-refractivity contribution in [2.75, 3.05) is 31.1 Å². The number of hydrogen-bond donors (Lipinski definition) is 1. The first-order valence-corrected chi connectivity index (χ1v) is 9.75. The van der Waals surface area contributed by atoms with Crippen LogP contribution in [0.1, 0.15) is 23.6 Å². The second-order valence-electron chi connectivity index (χ2n) is 7.43. The van der Waals surface area contributed by atoms with E-state index in [2.05, 4.69) is 35.3 Å². The first-order chi connectivity index (χ1) is 13.2. The van der Waals surface area contributed by atoms with Gasteiger partial charge in [0.05, 0.1) is 6.54 Å². The number of carbonyl (C=O) groups is 1. The molecular weight excluding hydrogens is 338 g/mol. The first kappa shape index (κ1) is 17.9. The van der Waals surface area contributed by atoms with Crippen molar-refractivity contribution in [3.63, 3.8) is 0 Å². The van der Waals surface area contributed by atoms with Crippen LogP contribution in [0.2, 0.25) is 0 Å². The average molecular weight is 365 g/mol. The van der Waals surface area contributed by atoms with E-state index >= 15 is 0 Å². The topological polar surface area (TPSA) is 44.8 Å². The number of nitrogens with zero attached hydrogens (tertiary/aromatic N) is 2. The summed E-state index contributed by atoms with van der Waals surface area (Å²) in [5.41, 5.74) is 4.90. The van der Waals surface area contributed by atoms with Crippen LogP contribution in [0.3, 0.4) is 0 Å². The highest BCUT2D eigenvalue weighted by atomic mass is 16.6. The molecule has 2 aromatic carbocycles. The molecule has 1 atom stereocenters. The molecular formula is C22H27N3O2. The molecule has 1 amide bonds. The standard InChI is InChI=1S/C22H27N3O2/c1-17-14-24(13-11-23-17)21-9-5-8-19-10-12-25(15-20(19)21)22(26)27-16-18-6-3-2-4-7-18/h2-9,17,23H,10-16H2,1H3/t17-/m1/s1. The zero-order valence-corrected chi connectivity index (χ0v) is 15.9. The molecule has 2 aliphatic heterocycles. The van der Waals surface area contributed by atoms with Gasteiger partial charge in [0.1, 0.15) is 6.61 Å². The number of anilines is 1. The fourth-order valence-electron chi connectivity index (χ4n) is 3.98. The summed E-state index contributed by atoms with van der Waals surface area (Å²) in [4.78, 5) is 16.9. The lowest BCUT2D eigenvalue weighted by molar-refractivity contribution is 0.0919. The normalized spacial score (nSPS) is 19.5. The molecule has 27 heavy (non-hydrogen) atoms. The Bertz CT molecular complexity index is 793. The van der Waals surface area contributed by atoms with Gasteiger partial charge in [-0.2, -0.15) is 0 Å². The van der Waals surface area contributed by atoms with Crippen LogP contribution >= 0.6 is 0 Å². The van der Waals surface area contributed by atoms with Crippen molar-refractivity contribution in [2.24, 2.45) is 0 Å². The lowest BCUT2D eigenvalue weighted by atomic mass is 9.97. The van der Waals surface area contributed by atoms with Crippen molar-refractivity contribution in [3.8, 4) is 0 Å². The van der Waals surface area contributed by atoms with Crippen LogP contribution in [0.25, 0.3) is 0 Å². The molecule has 1 saturated heterocycles. The van der Waals surface area contributed by atoms with Crippen molar-refractivity contribution >= 4 is 11.8 Å². The summed E-state index contributed by atoms with van der Waals surface area (Å²) < 4.78 is 5.55. The largest absolute Gasteiger partial charge is 0.445 e. The van der Waals surface area contributed by atoms with E-state index in [4.69, 9.17) is 4.74 Å². The molecule has 2 heterocycles. The molecule has 142 valence electrons. The number of nitrogens with one attached hydrogen (secondary N) is 1. The zero-order valence-electron chi connectivity index (χ0n) is 15.9. The summed E-state index contributed by atoms with van der Waals surface area (Å²) in [7, 11) is 0. The number of rotatable bonds is 3. The molecule has 0 saturated carbocycles. The van der Waals surface area contributed by atoms with Gasteiger partial charge in [0.2, 0.25) is 0 Å². The average Bonchev–Trinajstić information content (AvgIpc) is 2.72. The third-order valence-electron chi connectivity index (χ3n) is 5.42. The second kappa shape index (κ2) is 8.01. The fraction of sp³-hybridized carbons (Fsp3) is 0.409. The van der Waals surface area contributed by atoms with Gasteiger partial charge in [0, 0.05) is 37.9 Å². The summed E-state index contributed by atoms with van der Waals surface area (Å²) in [5.74, 6) is 0. The van der Waals surface area contributed by atoms with Crippen molar-refractivity contribution in [3.05, 3.63) is 65.2 Å². The van der Waals surface area contributed by atoms with Crippen molar-refractivity contribution < 1.29 is 9.53 Å². The fourth-order valence-corrected chi connectivity index (χ4v) is 3.98. The van der Waals surface area contributed by atoms with Gasteiger partial charge in [0.25, 0.3) is 0 Å². The quantitative estimate of drug-likeness (QED) is 0.907. The number of fused-ring (bicyclic) bond motifs is 1. The van der Waals surface area contributed by atoms with Crippen molar-refractivity contribution in [1.29, 1.82) is 0 Å². The Morgan fingerprint density at radius 3 is 2.81 bits per heavy atom. The number of carbonyl (C=O) groups excluding carboxylic acids is 1. The third kappa shape index (κ3) is 4.08. The Hall–Kier alpha value is -2.53. The van der Waals surface area contributed by atoms with Crippen LogP contribution in [0.4, 0.5) is 10.5 Å². The Labute approximate surface area is 160 Å². The zero-order chi connectivity index (χ0) is 18.6. The van der Waals surface area contributed by atoms with Gasteiger partial charge in [-0.25, -0.2) is 4.79 Å². The molecule has 0 unspecified atom stereocenters. The highest BCUT2D eigenvalue weighted by molar-refractivity contribution is 5.69. The van der Waals surface area contributed by atoms with Crippen LogP contribution in [0, 0.1) is 0 Å². The molecule has 1 N–H and O–H groups in total. The summed E-state index contributed by atoms with van der Waals surface area (Å²) in [6, 6.07) is 16.8. The molecule has 2 aromatic rings. The predicted octanol–water partition coefficient (Wildman–Crippen LogP) is 3.18. The summed E-state index contributed by atoms with van der Waals surface area (Å²) in [6.07, 6.45) is 0.651. The number of amides is 1. The van der Waals surface area contributed by atoms with Crippen LogP contribution in [0.15, 0.2) is 48.5 Å². The maximum Gasteiger partial charge on any atom is 0.410 e. The molecule has 0 spiro atoms. The lowest BCUT2D eigenvalue weighted by Gasteiger charge is -2.37. The molecule has 0 radical (unpaired) electrons. The maximum atomic E-state index is 12.6. The van der Waals surface area contributed by atoms with Gasteiger partial charge in [-0.1, -0.05) is 42.5 Å². The third-order valence-corrected chi connectivity index (χ3v) is 5.42. The first-order valence-electron chi connectivity index (χ1n) is 9.75. The van der Waals surface area contributed by atoms with E-state index in [0.717, 1.165) is 31.6 Å². The molecule has 5 nitrogen and oxygen atoms in total. The van der Waals surface area contributed by atoms with Gasteiger partial charge < -0.3 is 19.9 Å². The number of ether oxygens (including phenoxy) is 1. The summed E-state index contributed by atoms with van der Waals surface area (Å²) in [5, 5.41) is 3.49. The minimum Gasteiger partial charge on any atom is -0.445 e. The monoisotopic (exact) mass is 365 g/mol. The van der Waals surface area contributed by atoms with Crippen molar-refractivity contribution in [2.45, 2.75) is 32.5 Å². The second-order valence-corrected chi connectivity index (χ2v) is 7.43. The van der Waals surface area contributed by atoms with Crippen LogP contribution < -0.4 is 10.2 Å². The number of piperazine rings is 1. The lowest BCUT2D eigenvalue weighted by Crippen LogP contribution is -2.50. The van der Waals surface area contributed by atoms with Gasteiger partial charge in [-0.05, 0) is 36.1 Å². The highest BCUT2D eigenvalue weighted by Gasteiger charge is 2.26. The summed E-state index contributed by atoms with van der Waals surface area (Å²) in [6.45, 7) is 6.86. The van der Waals surface area contributed by atoms with E-state index in [9.17, 15) is 4.79 Å². The molecule has 0 aliphatic carbocycles. The Kier molecular flexibility index (Phi) is 5.30. The van der Waals surface area contributed by atoms with Crippen LogP contribution in [-0.4, -0.2) is 43.2 Å². The summed E-state index contributed by atoms with van der Waals surface area (Å²) >= 11 is 0. The van der Waals surface area contributed by atoms with E-state index in [0.29, 0.717) is 25.7 Å². The van der Waals surface area contributed by atoms with E-state index in [1.807, 2.05) is 35.2 Å². The Morgan fingerprint density at radius 1 is 1.15 bits per heavy atom. The van der Waals surface area contributed by atoms with Gasteiger partial charge >= 0.3 is 6.09 Å². The van der Waals surface area contributed by atoms with Crippen LogP contribution in [0.5, 0.6) is 0 Å². The SMILES string of the molecule is C[C@@H]1CN(c2cccc3c2CN(C(=O)OCc2ccccc2)CC3)CCN1. The van der Waals surface area contributed by atoms with E-state index < -0.39 is 0 Å². The van der Waals surface area contributed by atoms with E-state index in [1.165, 1.54) is 16.8 Å². The molecule has 0 bridgehead atoms. The van der Waals surface area contributed by atoms with Gasteiger partial charge in [-0.3, -0.25) is 0 Å². The highest BCUT2D eigenvalue weighted by Crippen LogP contribution is 2.30. The number of hydrogen-bond acceptors (Lipinski definition) is 4.